The number of fused-ring (bicyclic) bond motifs is 1. The molecule has 2 heterocycles. The first-order valence-electron chi connectivity index (χ1n) is 14.1. The number of aromatic nitrogens is 2. The van der Waals surface area contributed by atoms with Gasteiger partial charge in [0, 0.05) is 31.7 Å². The molecule has 0 bridgehead atoms. The number of nitrogens with zero attached hydrogens (tertiary/aromatic N) is 4. The molecule has 0 N–H and O–H groups in total. The molecule has 1 aliphatic heterocycles. The normalized spacial score (nSPS) is 12.3. The second kappa shape index (κ2) is 13.2. The van der Waals surface area contributed by atoms with E-state index in [4.69, 9.17) is 19.2 Å². The van der Waals surface area contributed by atoms with Gasteiger partial charge in [0.05, 0.1) is 12.3 Å². The predicted octanol–water partition coefficient (Wildman–Crippen LogP) is 6.59. The Labute approximate surface area is 236 Å². The lowest BCUT2D eigenvalue weighted by molar-refractivity contribution is 0.170. The molecule has 0 unspecified atom stereocenters. The fraction of sp³-hybridized carbons (Fsp3) is 0.333. The van der Waals surface area contributed by atoms with Crippen molar-refractivity contribution < 1.29 is 14.2 Å². The molecule has 40 heavy (non-hydrogen) atoms. The van der Waals surface area contributed by atoms with Gasteiger partial charge in [0.1, 0.15) is 30.9 Å². The summed E-state index contributed by atoms with van der Waals surface area (Å²) >= 11 is 0. The number of hydrogen-bond acceptors (Lipinski definition) is 6. The van der Waals surface area contributed by atoms with E-state index in [2.05, 4.69) is 58.9 Å². The van der Waals surface area contributed by atoms with Gasteiger partial charge in [-0.2, -0.15) is 5.26 Å². The Hall–Kier alpha value is -4.28. The lowest BCUT2D eigenvalue weighted by Gasteiger charge is -2.25. The third-order valence-corrected chi connectivity index (χ3v) is 6.95. The fourth-order valence-electron chi connectivity index (χ4n) is 5.08. The Balaban J connectivity index is 1.51. The molecular formula is C33H36N4O3. The van der Waals surface area contributed by atoms with Gasteiger partial charge in [0.25, 0.3) is 0 Å². The van der Waals surface area contributed by atoms with E-state index in [0.29, 0.717) is 45.1 Å². The number of unbranched alkanes of at least 4 members (excludes halogenated alkanes) is 1. The van der Waals surface area contributed by atoms with Crippen molar-refractivity contribution in [1.29, 1.82) is 5.26 Å². The maximum atomic E-state index is 10.2. The van der Waals surface area contributed by atoms with E-state index in [-0.39, 0.29) is 0 Å². The summed E-state index contributed by atoms with van der Waals surface area (Å²) in [6, 6.07) is 26.9. The lowest BCUT2D eigenvalue weighted by atomic mass is 10.1. The number of imidazole rings is 1. The molecule has 5 rings (SSSR count). The minimum absolute atomic E-state index is 0.477. The van der Waals surface area contributed by atoms with Crippen LogP contribution >= 0.6 is 0 Å². The molecule has 1 aliphatic rings. The highest BCUT2D eigenvalue weighted by Gasteiger charge is 2.22. The van der Waals surface area contributed by atoms with Crippen molar-refractivity contribution in [3.8, 4) is 34.7 Å². The van der Waals surface area contributed by atoms with Crippen LogP contribution in [0.25, 0.3) is 11.4 Å². The summed E-state index contributed by atoms with van der Waals surface area (Å²) in [7, 11) is 0. The van der Waals surface area contributed by atoms with E-state index < -0.39 is 0 Å². The van der Waals surface area contributed by atoms with Crippen LogP contribution in [0.4, 0.5) is 0 Å². The van der Waals surface area contributed by atoms with Gasteiger partial charge in [0.2, 0.25) is 0 Å². The van der Waals surface area contributed by atoms with E-state index in [1.807, 2.05) is 43.3 Å². The van der Waals surface area contributed by atoms with Crippen molar-refractivity contribution in [3.63, 3.8) is 0 Å². The van der Waals surface area contributed by atoms with Crippen LogP contribution in [0.2, 0.25) is 0 Å². The summed E-state index contributed by atoms with van der Waals surface area (Å²) < 4.78 is 19.6. The Kier molecular flexibility index (Phi) is 9.00. The van der Waals surface area contributed by atoms with Crippen LogP contribution in [0.5, 0.6) is 17.2 Å². The molecule has 0 fully saturated rings. The minimum atomic E-state index is 0.477. The standard InChI is InChI=1S/C33H36N4O3/c1-3-5-16-37-30(29(21-34)35-33(37)27-11-7-6-8-12-27)24-36(22-25-10-9-13-28(19-25)38-4-2)23-26-14-15-31-32(20-26)40-18-17-39-31/h6-15,19-20H,3-5,16-18,22-24H2,1-2H3. The van der Waals surface area contributed by atoms with E-state index in [1.54, 1.807) is 0 Å². The van der Waals surface area contributed by atoms with Gasteiger partial charge in [-0.3, -0.25) is 4.90 Å². The average molecular weight is 537 g/mol. The van der Waals surface area contributed by atoms with Crippen LogP contribution in [-0.4, -0.2) is 34.3 Å². The van der Waals surface area contributed by atoms with E-state index in [9.17, 15) is 5.26 Å². The van der Waals surface area contributed by atoms with Crippen LogP contribution < -0.4 is 14.2 Å². The lowest BCUT2D eigenvalue weighted by Crippen LogP contribution is -2.25. The quantitative estimate of drug-likeness (QED) is 0.203. The highest BCUT2D eigenvalue weighted by Crippen LogP contribution is 2.32. The van der Waals surface area contributed by atoms with E-state index >= 15 is 0 Å². The van der Waals surface area contributed by atoms with Gasteiger partial charge in [-0.05, 0) is 48.7 Å². The molecule has 0 saturated heterocycles. The summed E-state index contributed by atoms with van der Waals surface area (Å²) in [6.45, 7) is 8.64. The van der Waals surface area contributed by atoms with E-state index in [1.165, 1.54) is 0 Å². The maximum absolute atomic E-state index is 10.2. The zero-order chi connectivity index (χ0) is 27.7. The van der Waals surface area contributed by atoms with Gasteiger partial charge < -0.3 is 18.8 Å². The number of nitriles is 1. The van der Waals surface area contributed by atoms with Crippen LogP contribution in [0.3, 0.4) is 0 Å². The summed E-state index contributed by atoms with van der Waals surface area (Å²) in [5, 5.41) is 10.2. The van der Waals surface area contributed by atoms with Crippen LogP contribution in [0.1, 0.15) is 49.2 Å². The van der Waals surface area contributed by atoms with Gasteiger partial charge in [-0.25, -0.2) is 4.98 Å². The third-order valence-electron chi connectivity index (χ3n) is 6.95. The SMILES string of the molecule is CCCCn1c(-c2ccccc2)nc(C#N)c1CN(Cc1cccc(OCC)c1)Cc1ccc2c(c1)OCCO2. The summed E-state index contributed by atoms with van der Waals surface area (Å²) in [5.41, 5.74) is 4.69. The summed E-state index contributed by atoms with van der Waals surface area (Å²) in [4.78, 5) is 7.19. The first-order valence-corrected chi connectivity index (χ1v) is 14.1. The van der Waals surface area contributed by atoms with Gasteiger partial charge in [0.15, 0.2) is 17.2 Å². The van der Waals surface area contributed by atoms with Gasteiger partial charge >= 0.3 is 0 Å². The Morgan fingerprint density at radius 3 is 2.42 bits per heavy atom. The molecule has 0 aliphatic carbocycles. The molecule has 0 radical (unpaired) electrons. The third kappa shape index (κ3) is 6.47. The van der Waals surface area contributed by atoms with Crippen molar-refractivity contribution in [2.24, 2.45) is 0 Å². The zero-order valence-electron chi connectivity index (χ0n) is 23.3. The van der Waals surface area contributed by atoms with Crippen LogP contribution in [0.15, 0.2) is 72.8 Å². The first-order chi connectivity index (χ1) is 19.7. The largest absolute Gasteiger partial charge is 0.494 e. The van der Waals surface area contributed by atoms with E-state index in [0.717, 1.165) is 64.8 Å². The number of ether oxygens (including phenoxy) is 3. The molecule has 0 saturated carbocycles. The predicted molar refractivity (Wildman–Crippen MR) is 155 cm³/mol. The number of hydrogen-bond donors (Lipinski definition) is 0. The first kappa shape index (κ1) is 27.3. The fourth-order valence-corrected chi connectivity index (χ4v) is 5.08. The van der Waals surface area contributed by atoms with Crippen LogP contribution in [-0.2, 0) is 26.2 Å². The second-order valence-electron chi connectivity index (χ2n) is 9.92. The molecule has 0 amide bonds. The van der Waals surface area contributed by atoms with Crippen molar-refractivity contribution in [2.45, 2.75) is 52.9 Å². The van der Waals surface area contributed by atoms with Crippen molar-refractivity contribution in [1.82, 2.24) is 14.5 Å². The monoisotopic (exact) mass is 536 g/mol. The molecule has 0 atom stereocenters. The van der Waals surface area contributed by atoms with Crippen LogP contribution in [0, 0.1) is 11.3 Å². The second-order valence-corrected chi connectivity index (χ2v) is 9.92. The Morgan fingerprint density at radius 1 is 0.900 bits per heavy atom. The molecule has 206 valence electrons. The molecule has 1 aromatic heterocycles. The maximum Gasteiger partial charge on any atom is 0.163 e. The smallest absolute Gasteiger partial charge is 0.163 e. The highest BCUT2D eigenvalue weighted by atomic mass is 16.6. The number of rotatable bonds is 12. The summed E-state index contributed by atoms with van der Waals surface area (Å²) in [5.74, 6) is 3.26. The topological polar surface area (TPSA) is 72.5 Å². The highest BCUT2D eigenvalue weighted by molar-refractivity contribution is 5.58. The molecular weight excluding hydrogens is 500 g/mol. The molecule has 4 aromatic rings. The van der Waals surface area contributed by atoms with Gasteiger partial charge in [-0.1, -0.05) is 61.9 Å². The molecule has 3 aromatic carbocycles. The van der Waals surface area contributed by atoms with Crippen molar-refractivity contribution >= 4 is 0 Å². The number of benzene rings is 3. The molecule has 7 heteroatoms. The molecule has 7 nitrogen and oxygen atoms in total. The van der Waals surface area contributed by atoms with Gasteiger partial charge in [-0.15, -0.1) is 0 Å². The Morgan fingerprint density at radius 2 is 1.68 bits per heavy atom. The van der Waals surface area contributed by atoms with Crippen molar-refractivity contribution in [3.05, 3.63) is 95.3 Å². The minimum Gasteiger partial charge on any atom is -0.494 e. The summed E-state index contributed by atoms with van der Waals surface area (Å²) in [6.07, 6.45) is 2.06. The zero-order valence-corrected chi connectivity index (χ0v) is 23.3. The van der Waals surface area contributed by atoms with Crippen molar-refractivity contribution in [2.75, 3.05) is 19.8 Å². The Bertz CT molecular complexity index is 1460. The average Bonchev–Trinajstić information content (AvgIpc) is 3.33. The molecule has 0 spiro atoms.